The van der Waals surface area contributed by atoms with Gasteiger partial charge in [0, 0.05) is 11.1 Å². The van der Waals surface area contributed by atoms with Gasteiger partial charge in [-0.3, -0.25) is 4.18 Å². The van der Waals surface area contributed by atoms with Gasteiger partial charge in [0.15, 0.2) is 0 Å². The molecule has 0 bridgehead atoms. The summed E-state index contributed by atoms with van der Waals surface area (Å²) in [4.78, 5) is 0.145. The Labute approximate surface area is 149 Å². The second kappa shape index (κ2) is 6.06. The Bertz CT molecular complexity index is 871. The van der Waals surface area contributed by atoms with Gasteiger partial charge in [-0.1, -0.05) is 30.3 Å². The lowest BCUT2D eigenvalue weighted by atomic mass is 9.80. The number of rotatable bonds is 3. The highest BCUT2D eigenvalue weighted by Crippen LogP contribution is 2.39. The lowest BCUT2D eigenvalue weighted by Crippen LogP contribution is -2.60. The molecule has 1 aliphatic rings. The van der Waals surface area contributed by atoms with Crippen LogP contribution in [0, 0.1) is 0 Å². The number of piperidine rings is 1. The van der Waals surface area contributed by atoms with E-state index >= 15 is 0 Å². The number of hydrogen-bond donors (Lipinski definition) is 0. The molecular formula is C19H24NO4S. The van der Waals surface area contributed by atoms with Gasteiger partial charge in [-0.05, 0) is 63.4 Å². The molecule has 0 aromatic heterocycles. The molecule has 1 radical (unpaired) electrons. The summed E-state index contributed by atoms with van der Waals surface area (Å²) in [5.74, 6) is 0. The van der Waals surface area contributed by atoms with Gasteiger partial charge in [0.1, 0.15) is 0 Å². The average molecular weight is 362 g/mol. The van der Waals surface area contributed by atoms with Crippen molar-refractivity contribution in [3.63, 3.8) is 0 Å². The monoisotopic (exact) mass is 362 g/mol. The molecule has 0 unspecified atom stereocenters. The van der Waals surface area contributed by atoms with Crippen molar-refractivity contribution in [2.75, 3.05) is 0 Å². The van der Waals surface area contributed by atoms with Crippen LogP contribution in [0.5, 0.6) is 0 Å². The van der Waals surface area contributed by atoms with E-state index in [1.165, 1.54) is 0 Å². The summed E-state index contributed by atoms with van der Waals surface area (Å²) in [5.41, 5.74) is -1.35. The summed E-state index contributed by atoms with van der Waals surface area (Å²) >= 11 is 0. The van der Waals surface area contributed by atoms with Crippen LogP contribution in [0.1, 0.15) is 40.5 Å². The topological polar surface area (TPSA) is 66.5 Å². The fourth-order valence-electron chi connectivity index (χ4n) is 3.80. The first-order chi connectivity index (χ1) is 11.5. The van der Waals surface area contributed by atoms with Crippen LogP contribution in [0.25, 0.3) is 10.8 Å². The molecule has 0 atom stereocenters. The normalized spacial score (nSPS) is 21.5. The third-order valence-electron chi connectivity index (χ3n) is 4.83. The molecule has 1 saturated heterocycles. The van der Waals surface area contributed by atoms with Crippen molar-refractivity contribution in [1.82, 2.24) is 5.06 Å². The molecule has 3 rings (SSSR count). The van der Waals surface area contributed by atoms with Gasteiger partial charge < -0.3 is 0 Å². The smallest absolute Gasteiger partial charge is 0.263 e. The molecule has 0 spiro atoms. The third-order valence-corrected chi connectivity index (χ3v) is 6.18. The van der Waals surface area contributed by atoms with Crippen molar-refractivity contribution in [1.29, 1.82) is 0 Å². The minimum atomic E-state index is -3.89. The molecule has 0 aliphatic carbocycles. The van der Waals surface area contributed by atoms with Crippen LogP contribution >= 0.6 is 0 Å². The summed E-state index contributed by atoms with van der Waals surface area (Å²) in [6, 6.07) is 12.6. The highest BCUT2D eigenvalue weighted by Gasteiger charge is 2.47. The zero-order valence-corrected chi connectivity index (χ0v) is 15.8. The van der Waals surface area contributed by atoms with E-state index < -0.39 is 27.3 Å². The molecule has 2 aromatic rings. The summed E-state index contributed by atoms with van der Waals surface area (Å²) in [6.45, 7) is 7.28. The molecule has 1 heterocycles. The molecule has 1 aliphatic heterocycles. The highest BCUT2D eigenvalue weighted by molar-refractivity contribution is 7.86. The summed E-state index contributed by atoms with van der Waals surface area (Å²) in [7, 11) is -3.89. The van der Waals surface area contributed by atoms with Crippen molar-refractivity contribution in [2.24, 2.45) is 0 Å². The molecule has 0 amide bonds. The van der Waals surface area contributed by atoms with Crippen molar-refractivity contribution >= 4 is 20.9 Å². The molecular weight excluding hydrogens is 338 g/mol. The maximum absolute atomic E-state index is 12.7. The first-order valence-corrected chi connectivity index (χ1v) is 9.82. The van der Waals surface area contributed by atoms with Crippen LogP contribution in [-0.2, 0) is 19.5 Å². The van der Waals surface area contributed by atoms with E-state index in [-0.39, 0.29) is 4.90 Å². The van der Waals surface area contributed by atoms with E-state index in [4.69, 9.17) is 4.18 Å². The lowest BCUT2D eigenvalue weighted by Gasteiger charge is -2.49. The van der Waals surface area contributed by atoms with Crippen molar-refractivity contribution < 1.29 is 17.8 Å². The predicted octanol–water partition coefficient (Wildman–Crippen LogP) is 3.91. The minimum Gasteiger partial charge on any atom is -0.263 e. The van der Waals surface area contributed by atoms with E-state index in [1.54, 1.807) is 18.2 Å². The summed E-state index contributed by atoms with van der Waals surface area (Å²) < 4.78 is 31.0. The molecule has 2 aromatic carbocycles. The zero-order chi connectivity index (χ0) is 18.5. The molecule has 0 saturated carbocycles. The second-order valence-electron chi connectivity index (χ2n) is 8.01. The van der Waals surface area contributed by atoms with Crippen LogP contribution < -0.4 is 0 Å². The van der Waals surface area contributed by atoms with Crippen molar-refractivity contribution in [3.05, 3.63) is 42.5 Å². The number of hydrogen-bond acceptors (Lipinski definition) is 4. The molecule has 135 valence electrons. The predicted molar refractivity (Wildman–Crippen MR) is 95.9 cm³/mol. The van der Waals surface area contributed by atoms with E-state index in [0.29, 0.717) is 12.8 Å². The number of nitrogens with zero attached hydrogens (tertiary/aromatic N) is 1. The Hall–Kier alpha value is -1.47. The largest absolute Gasteiger partial charge is 0.297 e. The summed E-state index contributed by atoms with van der Waals surface area (Å²) in [6.07, 6.45) is 0.214. The van der Waals surface area contributed by atoms with Crippen LogP contribution in [0.4, 0.5) is 0 Å². The van der Waals surface area contributed by atoms with Gasteiger partial charge in [0.2, 0.25) is 0 Å². The number of benzene rings is 2. The molecule has 6 heteroatoms. The van der Waals surface area contributed by atoms with E-state index in [1.807, 2.05) is 52.0 Å². The van der Waals surface area contributed by atoms with Crippen LogP contribution in [0.3, 0.4) is 0 Å². The maximum atomic E-state index is 12.7. The van der Waals surface area contributed by atoms with Gasteiger partial charge >= 0.3 is 0 Å². The van der Waals surface area contributed by atoms with E-state index in [0.717, 1.165) is 15.8 Å². The lowest BCUT2D eigenvalue weighted by molar-refractivity contribution is -0.296. The first kappa shape index (κ1) is 18.3. The number of fused-ring (bicyclic) bond motifs is 1. The zero-order valence-electron chi connectivity index (χ0n) is 15.0. The summed E-state index contributed by atoms with van der Waals surface area (Å²) in [5, 5.41) is 15.3. The SMILES string of the molecule is CC1(C)CC(OS(=O)(=O)c2ccc3ccccc3c2)CC(C)(C)N1[O]. The van der Waals surface area contributed by atoms with Crippen LogP contribution in [-0.4, -0.2) is 30.7 Å². The second-order valence-corrected chi connectivity index (χ2v) is 9.58. The first-order valence-electron chi connectivity index (χ1n) is 8.41. The molecule has 0 N–H and O–H groups in total. The Morgan fingerprint density at radius 2 is 1.52 bits per heavy atom. The van der Waals surface area contributed by atoms with Gasteiger partial charge in [0.05, 0.1) is 11.0 Å². The van der Waals surface area contributed by atoms with Crippen LogP contribution in [0.2, 0.25) is 0 Å². The van der Waals surface area contributed by atoms with Gasteiger partial charge in [-0.15, -0.1) is 10.3 Å². The standard InChI is InChI=1S/C19H24NO4S/c1-18(2)12-16(13-19(3,4)20(18)21)24-25(22,23)17-10-9-14-7-5-6-8-15(14)11-17/h5-11,16H,12-13H2,1-4H3. The highest BCUT2D eigenvalue weighted by atomic mass is 32.2. The van der Waals surface area contributed by atoms with Crippen molar-refractivity contribution in [3.8, 4) is 0 Å². The molecule has 1 fully saturated rings. The van der Waals surface area contributed by atoms with Gasteiger partial charge in [-0.25, -0.2) is 0 Å². The minimum absolute atomic E-state index is 0.145. The van der Waals surface area contributed by atoms with Gasteiger partial charge in [-0.2, -0.15) is 8.42 Å². The van der Waals surface area contributed by atoms with Gasteiger partial charge in [0.25, 0.3) is 10.1 Å². The van der Waals surface area contributed by atoms with E-state index in [2.05, 4.69) is 0 Å². The fourth-order valence-corrected chi connectivity index (χ4v) is 4.91. The maximum Gasteiger partial charge on any atom is 0.297 e. The molecule has 25 heavy (non-hydrogen) atoms. The number of hydroxylamine groups is 2. The Morgan fingerprint density at radius 1 is 0.960 bits per heavy atom. The van der Waals surface area contributed by atoms with Crippen LogP contribution in [0.15, 0.2) is 47.4 Å². The Kier molecular flexibility index (Phi) is 4.44. The quantitative estimate of drug-likeness (QED) is 0.777. The fraction of sp³-hybridized carbons (Fsp3) is 0.474. The van der Waals surface area contributed by atoms with E-state index in [9.17, 15) is 13.6 Å². The average Bonchev–Trinajstić information content (AvgIpc) is 2.51. The van der Waals surface area contributed by atoms with Crippen molar-refractivity contribution in [2.45, 2.75) is 62.6 Å². The third kappa shape index (κ3) is 3.58. The molecule has 5 nitrogen and oxygen atoms in total. The Balaban J connectivity index is 1.87. The Morgan fingerprint density at radius 3 is 2.12 bits per heavy atom.